The fourth-order valence-electron chi connectivity index (χ4n) is 10.1. The van der Waals surface area contributed by atoms with E-state index >= 15 is 0 Å². The Hall–Kier alpha value is -3.33. The van der Waals surface area contributed by atoms with Gasteiger partial charge in [-0.05, 0) is 101 Å². The second-order valence-electron chi connectivity index (χ2n) is 19.5. The number of methoxy groups -OCH3 is 3. The fourth-order valence-corrected chi connectivity index (χ4v) is 10.1. The first kappa shape index (κ1) is 53.3. The van der Waals surface area contributed by atoms with Crippen LogP contribution in [-0.4, -0.2) is 121 Å². The van der Waals surface area contributed by atoms with Gasteiger partial charge in [0.05, 0.1) is 18.3 Å². The molecule has 360 valence electrons. The van der Waals surface area contributed by atoms with Gasteiger partial charge >= 0.3 is 5.97 Å². The number of aliphatic hydroxyl groups is 2. The van der Waals surface area contributed by atoms with Crippen LogP contribution in [-0.2, 0) is 47.7 Å². The molecule has 1 aliphatic carbocycles. The molecule has 1 saturated carbocycles. The Morgan fingerprint density at radius 3 is 2.27 bits per heavy atom. The number of Topliss-reactive ketones (excluding diaryl/α,β-unsaturated/α-hetero) is 3. The van der Waals surface area contributed by atoms with E-state index in [1.807, 2.05) is 58.1 Å². The van der Waals surface area contributed by atoms with Crippen LogP contribution < -0.4 is 0 Å². The van der Waals surface area contributed by atoms with Gasteiger partial charge in [-0.15, -0.1) is 0 Å². The molecule has 13 nitrogen and oxygen atoms in total. The van der Waals surface area contributed by atoms with Crippen molar-refractivity contribution in [3.8, 4) is 0 Å². The number of esters is 1. The van der Waals surface area contributed by atoms with Crippen molar-refractivity contribution in [1.29, 1.82) is 0 Å². The average molecular weight is 898 g/mol. The first-order valence-corrected chi connectivity index (χ1v) is 23.8. The maximum Gasteiger partial charge on any atom is 0.329 e. The van der Waals surface area contributed by atoms with E-state index < -0.39 is 77.8 Å². The minimum absolute atomic E-state index is 0.0317. The van der Waals surface area contributed by atoms with Gasteiger partial charge in [-0.25, -0.2) is 4.79 Å². The fraction of sp³-hybridized carbons (Fsp3) is 0.745. The predicted molar refractivity (Wildman–Crippen MR) is 244 cm³/mol. The number of ketones is 3. The van der Waals surface area contributed by atoms with Gasteiger partial charge in [0.25, 0.3) is 11.7 Å². The van der Waals surface area contributed by atoms with Gasteiger partial charge in [0.1, 0.15) is 30.1 Å². The molecule has 13 heteroatoms. The Labute approximate surface area is 382 Å². The van der Waals surface area contributed by atoms with E-state index in [9.17, 15) is 34.2 Å². The van der Waals surface area contributed by atoms with Gasteiger partial charge < -0.3 is 38.8 Å². The molecule has 2 bridgehead atoms. The lowest BCUT2D eigenvalue weighted by Gasteiger charge is -2.42. The van der Waals surface area contributed by atoms with Crippen molar-refractivity contribution in [3.05, 3.63) is 47.6 Å². The summed E-state index contributed by atoms with van der Waals surface area (Å²) in [4.78, 5) is 71.8. The largest absolute Gasteiger partial charge is 0.460 e. The van der Waals surface area contributed by atoms with Crippen LogP contribution in [0, 0.1) is 35.5 Å². The molecule has 0 aromatic rings. The number of carbonyl (C=O) groups excluding carboxylic acids is 5. The number of hydrogen-bond acceptors (Lipinski definition) is 12. The number of fused-ring (bicyclic) bond motifs is 3. The molecular weight excluding hydrogens is 819 g/mol. The van der Waals surface area contributed by atoms with E-state index in [1.54, 1.807) is 41.1 Å². The number of carbonyl (C=O) groups is 5. The third kappa shape index (κ3) is 14.1. The number of cyclic esters (lactones) is 1. The minimum Gasteiger partial charge on any atom is -0.460 e. The van der Waals surface area contributed by atoms with E-state index in [0.29, 0.717) is 56.4 Å². The Kier molecular flexibility index (Phi) is 20.8. The Morgan fingerprint density at radius 1 is 0.844 bits per heavy atom. The third-order valence-corrected chi connectivity index (χ3v) is 14.4. The molecule has 1 amide bonds. The summed E-state index contributed by atoms with van der Waals surface area (Å²) >= 11 is 0. The molecule has 2 N–H and O–H groups in total. The number of amides is 1. The molecule has 3 fully saturated rings. The Bertz CT molecular complexity index is 1720. The molecule has 4 rings (SSSR count). The van der Waals surface area contributed by atoms with Crippen LogP contribution in [0.1, 0.15) is 132 Å². The van der Waals surface area contributed by atoms with Crippen LogP contribution in [0.3, 0.4) is 0 Å². The van der Waals surface area contributed by atoms with Crippen LogP contribution in [0.25, 0.3) is 0 Å². The number of allylic oxidation sites excluding steroid dienone is 6. The summed E-state index contributed by atoms with van der Waals surface area (Å²) in [7, 11) is 4.69. The standard InChI is InChI=1S/C51H79NO12/c1-31-17-12-11-13-18-32(2)43(61-9)29-40-23-22-37(7)51(59,64-40)48(56)49(57)52-24-15-14-21-41(52)50(58)63-44(34(4)27-38-19-16-20-39(28-38)60-8)30-42(53)33(3)26-36(6)46(55)47(62-10)45(54)35(5)25-31/h11-13,17-18,26,31,33-35,37-41,43-44,46-47,55,59H,14-16,19-25,27-30H2,1-10H3/b13-11+,17-12+,32-18+,36-26+/t31-,33-,34-,35-,37-,38?,39+,40+,41+,43+,44+,46-,47+,51-/m1/s1. The SMILES string of the molecule is CO[C@H]1CCCC(C[C@@H](C)[C@@H]2CC(=O)[C@H](C)/C=C(\C)[C@@H](O)[C@@H](OC)C(=O)[C@H](C)C[C@H](C)/C=C/C=C/C=C(\C)[C@@H](OC)C[C@@H]3CC[C@@H](C)[C@@](O)(O3)C(=O)C(=O)N3CCCC[C@H]3C(=O)O2)C1. The normalized spacial score (nSPS) is 39.7. The number of nitrogens with zero attached hydrogens (tertiary/aromatic N) is 1. The minimum atomic E-state index is -2.41. The van der Waals surface area contributed by atoms with Crippen LogP contribution in [0.2, 0.25) is 0 Å². The summed E-state index contributed by atoms with van der Waals surface area (Å²) in [5, 5.41) is 23.4. The van der Waals surface area contributed by atoms with Crippen molar-refractivity contribution in [3.63, 3.8) is 0 Å². The highest BCUT2D eigenvalue weighted by atomic mass is 16.6. The Morgan fingerprint density at radius 2 is 1.58 bits per heavy atom. The van der Waals surface area contributed by atoms with Gasteiger partial charge in [0.2, 0.25) is 5.79 Å². The highest BCUT2D eigenvalue weighted by Crippen LogP contribution is 2.37. The van der Waals surface area contributed by atoms with Crippen LogP contribution >= 0.6 is 0 Å². The number of hydrogen-bond donors (Lipinski definition) is 2. The summed E-state index contributed by atoms with van der Waals surface area (Å²) in [5.74, 6) is -7.45. The summed E-state index contributed by atoms with van der Waals surface area (Å²) in [6.45, 7) is 12.9. The van der Waals surface area contributed by atoms with Gasteiger partial charge in [-0.2, -0.15) is 0 Å². The molecule has 1 unspecified atom stereocenters. The number of aliphatic hydroxyl groups excluding tert-OH is 1. The highest BCUT2D eigenvalue weighted by Gasteiger charge is 2.53. The van der Waals surface area contributed by atoms with Gasteiger partial charge in [0, 0.05) is 58.5 Å². The van der Waals surface area contributed by atoms with Crippen molar-refractivity contribution < 1.29 is 57.9 Å². The lowest BCUT2D eigenvalue weighted by atomic mass is 9.79. The maximum atomic E-state index is 14.4. The van der Waals surface area contributed by atoms with E-state index in [2.05, 4.69) is 0 Å². The number of rotatable bonds is 6. The Balaban J connectivity index is 1.70. The van der Waals surface area contributed by atoms with E-state index in [1.165, 1.54) is 12.0 Å². The van der Waals surface area contributed by atoms with E-state index in [4.69, 9.17) is 23.7 Å². The molecule has 0 aromatic heterocycles. The quantitative estimate of drug-likeness (QED) is 0.156. The van der Waals surface area contributed by atoms with Gasteiger partial charge in [-0.1, -0.05) is 83.9 Å². The molecule has 0 radical (unpaired) electrons. The van der Waals surface area contributed by atoms with Crippen LogP contribution in [0.5, 0.6) is 0 Å². The van der Waals surface area contributed by atoms with Crippen molar-refractivity contribution in [2.45, 2.75) is 180 Å². The molecule has 0 aromatic carbocycles. The first-order valence-electron chi connectivity index (χ1n) is 23.8. The zero-order chi connectivity index (χ0) is 47.3. The molecule has 64 heavy (non-hydrogen) atoms. The number of ether oxygens (including phenoxy) is 5. The summed E-state index contributed by atoms with van der Waals surface area (Å²) in [6.07, 6.45) is 14.7. The van der Waals surface area contributed by atoms with Crippen molar-refractivity contribution in [2.24, 2.45) is 35.5 Å². The van der Waals surface area contributed by atoms with Gasteiger partial charge in [0.15, 0.2) is 5.78 Å². The second kappa shape index (κ2) is 25.0. The molecule has 0 spiro atoms. The summed E-state index contributed by atoms with van der Waals surface area (Å²) in [6, 6.07) is -1.10. The molecule has 3 aliphatic heterocycles. The molecule has 3 heterocycles. The summed E-state index contributed by atoms with van der Waals surface area (Å²) < 4.78 is 29.6. The lowest BCUT2D eigenvalue weighted by Crippen LogP contribution is -2.61. The van der Waals surface area contributed by atoms with Crippen LogP contribution in [0.15, 0.2) is 47.6 Å². The van der Waals surface area contributed by atoms with E-state index in [0.717, 1.165) is 31.3 Å². The second-order valence-corrected chi connectivity index (χ2v) is 19.5. The van der Waals surface area contributed by atoms with E-state index in [-0.39, 0.29) is 48.9 Å². The van der Waals surface area contributed by atoms with Crippen molar-refractivity contribution >= 4 is 29.2 Å². The maximum absolute atomic E-state index is 14.4. The van der Waals surface area contributed by atoms with Gasteiger partial charge in [-0.3, -0.25) is 19.2 Å². The third-order valence-electron chi connectivity index (χ3n) is 14.4. The zero-order valence-corrected chi connectivity index (χ0v) is 40.3. The highest BCUT2D eigenvalue weighted by molar-refractivity contribution is 6.39. The zero-order valence-electron chi connectivity index (χ0n) is 40.3. The molecule has 14 atom stereocenters. The van der Waals surface area contributed by atoms with Crippen molar-refractivity contribution in [2.75, 3.05) is 27.9 Å². The molecular formula is C51H79NO12. The smallest absolute Gasteiger partial charge is 0.329 e. The van der Waals surface area contributed by atoms with Crippen LogP contribution in [0.4, 0.5) is 0 Å². The summed E-state index contributed by atoms with van der Waals surface area (Å²) in [5.41, 5.74) is 1.30. The monoisotopic (exact) mass is 898 g/mol. The average Bonchev–Trinajstić information content (AvgIpc) is 3.27. The topological polar surface area (TPSA) is 175 Å². The first-order chi connectivity index (χ1) is 30.3. The number of piperidine rings is 1. The lowest BCUT2D eigenvalue weighted by molar-refractivity contribution is -0.265. The predicted octanol–water partition coefficient (Wildman–Crippen LogP) is 7.21. The van der Waals surface area contributed by atoms with Crippen molar-refractivity contribution in [1.82, 2.24) is 4.90 Å². The molecule has 4 aliphatic rings. The molecule has 2 saturated heterocycles.